The predicted octanol–water partition coefficient (Wildman–Crippen LogP) is 4.52. The monoisotopic (exact) mass is 406 g/mol. The Morgan fingerprint density at radius 3 is 2.59 bits per heavy atom. The molecule has 0 radical (unpaired) electrons. The van der Waals surface area contributed by atoms with Gasteiger partial charge in [-0.05, 0) is 62.2 Å². The van der Waals surface area contributed by atoms with Gasteiger partial charge in [-0.3, -0.25) is 4.79 Å². The van der Waals surface area contributed by atoms with Gasteiger partial charge in [0, 0.05) is 17.0 Å². The molecule has 29 heavy (non-hydrogen) atoms. The Bertz CT molecular complexity index is 933. The second-order valence-corrected chi connectivity index (χ2v) is 8.30. The fraction of sp³-hybridized carbons (Fsp3) is 0.292. The maximum Gasteiger partial charge on any atom is 0.261 e. The van der Waals surface area contributed by atoms with Crippen LogP contribution >= 0.6 is 11.3 Å². The maximum absolute atomic E-state index is 12.5. The lowest BCUT2D eigenvalue weighted by Gasteiger charge is -2.24. The fourth-order valence-electron chi connectivity index (χ4n) is 3.52. The third kappa shape index (κ3) is 5.25. The highest BCUT2D eigenvalue weighted by Crippen LogP contribution is 2.36. The van der Waals surface area contributed by atoms with Gasteiger partial charge in [-0.15, -0.1) is 11.3 Å². The van der Waals surface area contributed by atoms with Crippen molar-refractivity contribution < 1.29 is 9.53 Å². The molecule has 1 saturated heterocycles. The molecule has 0 unspecified atom stereocenters. The molecule has 1 aliphatic heterocycles. The minimum absolute atomic E-state index is 0.0195. The summed E-state index contributed by atoms with van der Waals surface area (Å²) in [6.07, 6.45) is 3.12. The predicted molar refractivity (Wildman–Crippen MR) is 119 cm³/mol. The van der Waals surface area contributed by atoms with E-state index in [1.807, 2.05) is 48.5 Å². The van der Waals surface area contributed by atoms with Crippen molar-refractivity contribution >= 4 is 17.2 Å². The number of amides is 1. The van der Waals surface area contributed by atoms with Gasteiger partial charge in [0.05, 0.1) is 4.88 Å². The van der Waals surface area contributed by atoms with Crippen molar-refractivity contribution in [3.05, 3.63) is 77.2 Å². The van der Waals surface area contributed by atoms with Crippen LogP contribution in [0.4, 0.5) is 0 Å². The SMILES string of the molecule is O=C(NCCc1ccccc1)c1ccc(-c2ccccc2OC2CCNCC2)s1. The average molecular weight is 407 g/mol. The van der Waals surface area contributed by atoms with Gasteiger partial charge in [0.2, 0.25) is 0 Å². The third-order valence-electron chi connectivity index (χ3n) is 5.10. The number of para-hydroxylation sites is 1. The number of benzene rings is 2. The van der Waals surface area contributed by atoms with Crippen molar-refractivity contribution in [3.8, 4) is 16.2 Å². The molecule has 5 heteroatoms. The molecular formula is C24H26N2O2S. The largest absolute Gasteiger partial charge is 0.490 e. The van der Waals surface area contributed by atoms with Gasteiger partial charge in [0.15, 0.2) is 0 Å². The first-order valence-electron chi connectivity index (χ1n) is 10.2. The highest BCUT2D eigenvalue weighted by Gasteiger charge is 2.18. The topological polar surface area (TPSA) is 50.4 Å². The summed E-state index contributed by atoms with van der Waals surface area (Å²) in [5.74, 6) is 0.881. The number of rotatable bonds is 7. The van der Waals surface area contributed by atoms with Gasteiger partial charge < -0.3 is 15.4 Å². The van der Waals surface area contributed by atoms with Crippen molar-refractivity contribution in [2.75, 3.05) is 19.6 Å². The molecule has 2 heterocycles. The van der Waals surface area contributed by atoms with Crippen molar-refractivity contribution in [2.24, 2.45) is 0 Å². The van der Waals surface area contributed by atoms with Crippen LogP contribution < -0.4 is 15.4 Å². The highest BCUT2D eigenvalue weighted by atomic mass is 32.1. The van der Waals surface area contributed by atoms with Gasteiger partial charge in [-0.1, -0.05) is 42.5 Å². The summed E-state index contributed by atoms with van der Waals surface area (Å²) >= 11 is 1.51. The van der Waals surface area contributed by atoms with Gasteiger partial charge in [-0.25, -0.2) is 0 Å². The molecule has 0 spiro atoms. The summed E-state index contributed by atoms with van der Waals surface area (Å²) in [6, 6.07) is 22.2. The molecule has 4 rings (SSSR count). The number of carbonyl (C=O) groups is 1. The first kappa shape index (κ1) is 19.7. The molecule has 3 aromatic rings. The minimum atomic E-state index is -0.0195. The summed E-state index contributed by atoms with van der Waals surface area (Å²) in [7, 11) is 0. The van der Waals surface area contributed by atoms with E-state index < -0.39 is 0 Å². The zero-order valence-corrected chi connectivity index (χ0v) is 17.2. The zero-order valence-electron chi connectivity index (χ0n) is 16.4. The van der Waals surface area contributed by atoms with Gasteiger partial charge in [-0.2, -0.15) is 0 Å². The Morgan fingerprint density at radius 1 is 1.00 bits per heavy atom. The number of piperidine rings is 1. The first-order chi connectivity index (χ1) is 14.3. The standard InChI is InChI=1S/C24H26N2O2S/c27-24(26-17-12-18-6-2-1-3-7-18)23-11-10-22(29-23)20-8-4-5-9-21(20)28-19-13-15-25-16-14-19/h1-11,19,25H,12-17H2,(H,26,27). The smallest absolute Gasteiger partial charge is 0.261 e. The van der Waals surface area contributed by atoms with Gasteiger partial charge >= 0.3 is 0 Å². The molecule has 150 valence electrons. The molecule has 1 amide bonds. The average Bonchev–Trinajstić information content (AvgIpc) is 3.26. The normalized spacial score (nSPS) is 14.5. The first-order valence-corrected chi connectivity index (χ1v) is 11.0. The summed E-state index contributed by atoms with van der Waals surface area (Å²) in [4.78, 5) is 14.3. The number of carbonyl (C=O) groups excluding carboxylic acids is 1. The Balaban J connectivity index is 1.40. The summed E-state index contributed by atoms with van der Waals surface area (Å²) in [5, 5.41) is 6.39. The Kier molecular flexibility index (Phi) is 6.60. The molecule has 0 atom stereocenters. The van der Waals surface area contributed by atoms with Crippen LogP contribution in [0.3, 0.4) is 0 Å². The molecule has 2 aromatic carbocycles. The van der Waals surface area contributed by atoms with Crippen LogP contribution in [0.5, 0.6) is 5.75 Å². The van der Waals surface area contributed by atoms with Crippen LogP contribution in [0, 0.1) is 0 Å². The molecule has 0 saturated carbocycles. The number of ether oxygens (including phenoxy) is 1. The van der Waals surface area contributed by atoms with Crippen molar-refractivity contribution in [2.45, 2.75) is 25.4 Å². The lowest BCUT2D eigenvalue weighted by atomic mass is 10.1. The number of hydrogen-bond donors (Lipinski definition) is 2. The number of thiophene rings is 1. The fourth-order valence-corrected chi connectivity index (χ4v) is 4.48. The van der Waals surface area contributed by atoms with E-state index in [9.17, 15) is 4.79 Å². The van der Waals surface area contributed by atoms with Gasteiger partial charge in [0.1, 0.15) is 11.9 Å². The number of nitrogens with one attached hydrogen (secondary N) is 2. The lowest BCUT2D eigenvalue weighted by Crippen LogP contribution is -2.34. The highest BCUT2D eigenvalue weighted by molar-refractivity contribution is 7.17. The molecule has 0 aliphatic carbocycles. The summed E-state index contributed by atoms with van der Waals surface area (Å²) in [6.45, 7) is 2.63. The van der Waals surface area contributed by atoms with Crippen LogP contribution in [0.1, 0.15) is 28.1 Å². The van der Waals surface area contributed by atoms with Crippen molar-refractivity contribution in [1.29, 1.82) is 0 Å². The maximum atomic E-state index is 12.5. The molecule has 4 nitrogen and oxygen atoms in total. The second kappa shape index (κ2) is 9.72. The van der Waals surface area contributed by atoms with E-state index in [2.05, 4.69) is 28.8 Å². The second-order valence-electron chi connectivity index (χ2n) is 7.22. The van der Waals surface area contributed by atoms with E-state index in [0.29, 0.717) is 6.54 Å². The van der Waals surface area contributed by atoms with E-state index in [1.54, 1.807) is 0 Å². The third-order valence-corrected chi connectivity index (χ3v) is 6.22. The summed E-state index contributed by atoms with van der Waals surface area (Å²) in [5.41, 5.74) is 2.28. The summed E-state index contributed by atoms with van der Waals surface area (Å²) < 4.78 is 6.29. The number of hydrogen-bond acceptors (Lipinski definition) is 4. The minimum Gasteiger partial charge on any atom is -0.490 e. The zero-order chi connectivity index (χ0) is 19.9. The van der Waals surface area contributed by atoms with E-state index >= 15 is 0 Å². The van der Waals surface area contributed by atoms with Crippen LogP contribution in [-0.4, -0.2) is 31.6 Å². The van der Waals surface area contributed by atoms with Crippen molar-refractivity contribution in [1.82, 2.24) is 10.6 Å². The van der Waals surface area contributed by atoms with E-state index in [0.717, 1.165) is 53.4 Å². The van der Waals surface area contributed by atoms with Crippen molar-refractivity contribution in [3.63, 3.8) is 0 Å². The lowest BCUT2D eigenvalue weighted by molar-refractivity contribution is 0.0958. The van der Waals surface area contributed by atoms with Crippen LogP contribution in [0.15, 0.2) is 66.7 Å². The Hall–Kier alpha value is -2.63. The Labute approximate surface area is 175 Å². The Morgan fingerprint density at radius 2 is 1.76 bits per heavy atom. The molecule has 2 N–H and O–H groups in total. The van der Waals surface area contributed by atoms with E-state index in [1.165, 1.54) is 16.9 Å². The molecular weight excluding hydrogens is 380 g/mol. The van der Waals surface area contributed by atoms with Crippen LogP contribution in [0.2, 0.25) is 0 Å². The molecule has 1 aliphatic rings. The van der Waals surface area contributed by atoms with Gasteiger partial charge in [0.25, 0.3) is 5.91 Å². The van der Waals surface area contributed by atoms with E-state index in [-0.39, 0.29) is 12.0 Å². The molecule has 1 aromatic heterocycles. The van der Waals surface area contributed by atoms with E-state index in [4.69, 9.17) is 4.74 Å². The quantitative estimate of drug-likeness (QED) is 0.607. The molecule has 1 fully saturated rings. The molecule has 0 bridgehead atoms. The van der Waals surface area contributed by atoms with Crippen LogP contribution in [0.25, 0.3) is 10.4 Å². The van der Waals surface area contributed by atoms with Crippen LogP contribution in [-0.2, 0) is 6.42 Å².